The van der Waals surface area contributed by atoms with E-state index in [1.807, 2.05) is 19.1 Å². The zero-order valence-electron chi connectivity index (χ0n) is 24.9. The van der Waals surface area contributed by atoms with Crippen LogP contribution in [0.5, 0.6) is 0 Å². The van der Waals surface area contributed by atoms with E-state index in [1.54, 1.807) is 42.6 Å². The van der Waals surface area contributed by atoms with Gasteiger partial charge < -0.3 is 30.7 Å². The lowest BCUT2D eigenvalue weighted by Crippen LogP contribution is -2.32. The molecular weight excluding hydrogens is 633 g/mol. The number of nitrogens with zero attached hydrogens (tertiary/aromatic N) is 3. The minimum atomic E-state index is -5.08. The smallest absolute Gasteiger partial charge is 0.475 e. The monoisotopic (exact) mass is 666 g/mol. The molecule has 1 saturated heterocycles. The van der Waals surface area contributed by atoms with Crippen molar-refractivity contribution in [2.75, 3.05) is 48.3 Å². The predicted molar refractivity (Wildman–Crippen MR) is 167 cm³/mol. The Hall–Kier alpha value is -4.63. The van der Waals surface area contributed by atoms with Gasteiger partial charge in [-0.25, -0.2) is 19.1 Å². The zero-order chi connectivity index (χ0) is 33.7. The zero-order valence-corrected chi connectivity index (χ0v) is 25.7. The maximum absolute atomic E-state index is 12.9. The van der Waals surface area contributed by atoms with Crippen LogP contribution in [0.1, 0.15) is 42.1 Å². The molecule has 2 aromatic carbocycles. The molecule has 1 aliphatic rings. The number of hydrogen-bond acceptors (Lipinski definition) is 8. The Morgan fingerprint density at radius 1 is 1.02 bits per heavy atom. The van der Waals surface area contributed by atoms with Gasteiger partial charge in [-0.1, -0.05) is 37.1 Å². The second-order valence-corrected chi connectivity index (χ2v) is 10.4. The molecule has 0 saturated carbocycles. The molecule has 1 aromatic heterocycles. The van der Waals surface area contributed by atoms with Crippen LogP contribution in [0.15, 0.2) is 59.5 Å². The van der Waals surface area contributed by atoms with Gasteiger partial charge in [0.05, 0.1) is 30.6 Å². The number of aliphatic carboxylic acids is 1. The molecule has 2 heterocycles. The van der Waals surface area contributed by atoms with Crippen LogP contribution in [0.25, 0.3) is 0 Å². The number of ether oxygens (including phenoxy) is 1. The first-order valence-corrected chi connectivity index (χ1v) is 14.7. The van der Waals surface area contributed by atoms with Gasteiger partial charge in [-0.05, 0) is 61.3 Å². The number of carboxylic acids is 1. The summed E-state index contributed by atoms with van der Waals surface area (Å²) in [5, 5.41) is 20.5. The molecule has 2 amide bonds. The summed E-state index contributed by atoms with van der Waals surface area (Å²) in [6.07, 6.45) is -0.692. The first-order valence-electron chi connectivity index (χ1n) is 14.3. The Labute approximate surface area is 267 Å². The highest BCUT2D eigenvalue weighted by molar-refractivity contribution is 6.33. The number of carbonyl (C=O) groups excluding carboxylic acids is 2. The second-order valence-electron chi connectivity index (χ2n) is 10.0. The van der Waals surface area contributed by atoms with E-state index in [9.17, 15) is 27.6 Å². The number of carbonyl (C=O) groups is 3. The van der Waals surface area contributed by atoms with Gasteiger partial charge in [0.15, 0.2) is 0 Å². The first kappa shape index (κ1) is 35.8. The lowest BCUT2D eigenvalue weighted by atomic mass is 10.2. The molecule has 1 aliphatic heterocycles. The van der Waals surface area contributed by atoms with Crippen molar-refractivity contribution in [2.24, 2.45) is 0 Å². The third-order valence-corrected chi connectivity index (χ3v) is 6.90. The van der Waals surface area contributed by atoms with Crippen molar-refractivity contribution in [2.45, 2.75) is 38.9 Å². The molecule has 0 aliphatic carbocycles. The third kappa shape index (κ3) is 11.1. The topological polar surface area (TPSA) is 155 Å². The summed E-state index contributed by atoms with van der Waals surface area (Å²) in [5.74, 6) is -3.14. The van der Waals surface area contributed by atoms with Crippen molar-refractivity contribution in [3.05, 3.63) is 81.2 Å². The van der Waals surface area contributed by atoms with Crippen molar-refractivity contribution >= 4 is 46.6 Å². The van der Waals surface area contributed by atoms with Crippen molar-refractivity contribution in [1.29, 1.82) is 0 Å². The van der Waals surface area contributed by atoms with Crippen molar-refractivity contribution in [1.82, 2.24) is 15.1 Å². The average molecular weight is 667 g/mol. The van der Waals surface area contributed by atoms with Crippen LogP contribution in [-0.4, -0.2) is 71.8 Å². The molecule has 0 unspecified atom stereocenters. The maximum Gasteiger partial charge on any atom is 0.490 e. The summed E-state index contributed by atoms with van der Waals surface area (Å²) < 4.78 is 38.3. The number of carboxylic acid groups (broad SMARTS) is 1. The number of esters is 1. The number of hydrogen-bond donors (Lipinski definition) is 4. The number of aromatic nitrogens is 2. The molecule has 12 nitrogen and oxygen atoms in total. The number of urea groups is 1. The molecule has 0 bridgehead atoms. The number of alkyl halides is 3. The minimum absolute atomic E-state index is 0.170. The van der Waals surface area contributed by atoms with Crippen LogP contribution in [-0.2, 0) is 16.1 Å². The summed E-state index contributed by atoms with van der Waals surface area (Å²) in [6, 6.07) is 13.2. The fourth-order valence-electron chi connectivity index (χ4n) is 4.12. The SMILES string of the molecule is CCCCOC(=O)c1ccc(NC(=O)Nc2ccc(Cn3ncc(N4CCCNCC4)c(Cl)c3=O)cc2)cc1.O=C(O)C(F)(F)F. The molecular formula is C30H34ClF3N6O6. The van der Waals surface area contributed by atoms with Gasteiger partial charge in [0.25, 0.3) is 5.56 Å². The molecule has 46 heavy (non-hydrogen) atoms. The van der Waals surface area contributed by atoms with E-state index in [4.69, 9.17) is 26.2 Å². The van der Waals surface area contributed by atoms with E-state index in [1.165, 1.54) is 4.68 Å². The van der Waals surface area contributed by atoms with Crippen LogP contribution < -0.4 is 26.4 Å². The van der Waals surface area contributed by atoms with E-state index in [0.29, 0.717) is 29.2 Å². The number of nitrogens with one attached hydrogen (secondary N) is 3. The Morgan fingerprint density at radius 3 is 2.22 bits per heavy atom. The van der Waals surface area contributed by atoms with Gasteiger partial charge in [0.1, 0.15) is 5.02 Å². The Kier molecular flexibility index (Phi) is 13.4. The van der Waals surface area contributed by atoms with Crippen molar-refractivity contribution in [3.63, 3.8) is 0 Å². The lowest BCUT2D eigenvalue weighted by molar-refractivity contribution is -0.192. The fraction of sp³-hybridized carbons (Fsp3) is 0.367. The molecule has 0 atom stereocenters. The van der Waals surface area contributed by atoms with Gasteiger partial charge in [0, 0.05) is 31.0 Å². The van der Waals surface area contributed by atoms with E-state index in [2.05, 4.69) is 25.9 Å². The van der Waals surface area contributed by atoms with Gasteiger partial charge >= 0.3 is 24.1 Å². The Morgan fingerprint density at radius 2 is 1.63 bits per heavy atom. The normalized spacial score (nSPS) is 13.1. The summed E-state index contributed by atoms with van der Waals surface area (Å²) in [7, 11) is 0. The van der Waals surface area contributed by atoms with Crippen LogP contribution in [0.4, 0.5) is 35.0 Å². The summed E-state index contributed by atoms with van der Waals surface area (Å²) in [6.45, 7) is 6.03. The lowest BCUT2D eigenvalue weighted by Gasteiger charge is -2.23. The molecule has 16 heteroatoms. The molecule has 1 fully saturated rings. The number of anilines is 3. The van der Waals surface area contributed by atoms with Gasteiger partial charge in [-0.2, -0.15) is 18.3 Å². The molecule has 3 aromatic rings. The number of rotatable bonds is 9. The molecule has 248 valence electrons. The number of halogens is 4. The molecule has 0 radical (unpaired) electrons. The summed E-state index contributed by atoms with van der Waals surface area (Å²) in [5.41, 5.74) is 2.70. The molecule has 4 N–H and O–H groups in total. The third-order valence-electron chi connectivity index (χ3n) is 6.54. The fourth-order valence-corrected chi connectivity index (χ4v) is 4.38. The van der Waals surface area contributed by atoms with Gasteiger partial charge in [-0.3, -0.25) is 4.79 Å². The number of unbranched alkanes of at least 4 members (excludes halogenated alkanes) is 1. The highest BCUT2D eigenvalue weighted by Gasteiger charge is 2.38. The summed E-state index contributed by atoms with van der Waals surface area (Å²) >= 11 is 6.44. The molecule has 4 rings (SSSR count). The average Bonchev–Trinajstić information content (AvgIpc) is 3.30. The van der Waals surface area contributed by atoms with Crippen LogP contribution >= 0.6 is 11.6 Å². The molecule has 0 spiro atoms. The van der Waals surface area contributed by atoms with Crippen LogP contribution in [0.2, 0.25) is 5.02 Å². The minimum Gasteiger partial charge on any atom is -0.475 e. The van der Waals surface area contributed by atoms with E-state index >= 15 is 0 Å². The summed E-state index contributed by atoms with van der Waals surface area (Å²) in [4.78, 5) is 48.3. The Balaban J connectivity index is 0.000000738. The van der Waals surface area contributed by atoms with Crippen LogP contribution in [0, 0.1) is 0 Å². The standard InChI is InChI=1S/C28H33ClN6O4.C2HF3O2/c1-2-3-17-39-27(37)21-7-11-23(12-8-21)33-28(38)32-22-9-5-20(6-10-22)19-35-26(36)25(29)24(18-31-35)34-15-4-13-30-14-16-34;3-2(4,5)1(6)7/h5-12,18,30H,2-4,13-17,19H2,1H3,(H2,32,33,38);(H,6,7). The first-order chi connectivity index (χ1) is 21.9. The highest BCUT2D eigenvalue weighted by Crippen LogP contribution is 2.22. The largest absolute Gasteiger partial charge is 0.490 e. The van der Waals surface area contributed by atoms with E-state index in [0.717, 1.165) is 51.0 Å². The quantitative estimate of drug-likeness (QED) is 0.183. The van der Waals surface area contributed by atoms with Gasteiger partial charge in [-0.15, -0.1) is 0 Å². The highest BCUT2D eigenvalue weighted by atomic mass is 35.5. The van der Waals surface area contributed by atoms with Crippen molar-refractivity contribution in [3.8, 4) is 0 Å². The van der Waals surface area contributed by atoms with E-state index < -0.39 is 18.2 Å². The maximum atomic E-state index is 12.9. The second kappa shape index (κ2) is 17.2. The van der Waals surface area contributed by atoms with Crippen LogP contribution in [0.3, 0.4) is 0 Å². The van der Waals surface area contributed by atoms with E-state index in [-0.39, 0.29) is 23.1 Å². The van der Waals surface area contributed by atoms with Crippen molar-refractivity contribution < 1.29 is 37.4 Å². The van der Waals surface area contributed by atoms with Gasteiger partial charge in [0.2, 0.25) is 0 Å². The predicted octanol–water partition coefficient (Wildman–Crippen LogP) is 4.98. The Bertz CT molecular complexity index is 1530. The number of amides is 2. The number of benzene rings is 2.